The molecular formula is C9H14. The molecule has 0 radical (unpaired) electrons. The second kappa shape index (κ2) is 2.86. The molecule has 1 rings (SSSR count). The third-order valence-corrected chi connectivity index (χ3v) is 2.04. The molecule has 0 aromatic carbocycles. The highest BCUT2D eigenvalue weighted by Gasteiger charge is 2.11. The largest absolute Gasteiger partial charge is 0.0996 e. The van der Waals surface area contributed by atoms with Crippen LogP contribution < -0.4 is 0 Å². The first-order valence-corrected chi connectivity index (χ1v) is 3.67. The summed E-state index contributed by atoms with van der Waals surface area (Å²) in [6.45, 7) is 6.20. The minimum Gasteiger partial charge on any atom is -0.0996 e. The Hall–Kier alpha value is -0.520. The molecule has 0 spiro atoms. The van der Waals surface area contributed by atoms with Crippen molar-refractivity contribution in [3.05, 3.63) is 24.3 Å². The van der Waals surface area contributed by atoms with E-state index < -0.39 is 0 Å². The lowest BCUT2D eigenvalue weighted by Gasteiger charge is -2.09. The van der Waals surface area contributed by atoms with Gasteiger partial charge >= 0.3 is 0 Å². The van der Waals surface area contributed by atoms with Crippen LogP contribution in [0.3, 0.4) is 0 Å². The van der Waals surface area contributed by atoms with Crippen molar-refractivity contribution in [1.82, 2.24) is 0 Å². The van der Waals surface area contributed by atoms with Crippen LogP contribution in [0.4, 0.5) is 0 Å². The Morgan fingerprint density at radius 3 is 2.56 bits per heavy atom. The fourth-order valence-corrected chi connectivity index (χ4v) is 1.24. The first-order valence-electron chi connectivity index (χ1n) is 3.67. The minimum absolute atomic E-state index is 0.773. The van der Waals surface area contributed by atoms with Gasteiger partial charge in [0.2, 0.25) is 0 Å². The molecule has 50 valence electrons. The van der Waals surface area contributed by atoms with Crippen molar-refractivity contribution in [2.45, 2.75) is 26.2 Å². The Kier molecular flexibility index (Phi) is 2.10. The highest BCUT2D eigenvalue weighted by atomic mass is 14.2. The molecule has 0 atom stereocenters. The number of hydrogen-bond donors (Lipinski definition) is 0. The fourth-order valence-electron chi connectivity index (χ4n) is 1.24. The summed E-state index contributed by atoms with van der Waals surface area (Å²) in [4.78, 5) is 0. The molecule has 0 heterocycles. The molecule has 0 N–H and O–H groups in total. The molecule has 9 heavy (non-hydrogen) atoms. The molecule has 0 nitrogen and oxygen atoms in total. The zero-order valence-electron chi connectivity index (χ0n) is 6.06. The summed E-state index contributed by atoms with van der Waals surface area (Å²) < 4.78 is 0. The van der Waals surface area contributed by atoms with E-state index in [9.17, 15) is 0 Å². The summed E-state index contributed by atoms with van der Waals surface area (Å²) in [6.07, 6.45) is 8.11. The van der Waals surface area contributed by atoms with E-state index in [-0.39, 0.29) is 0 Å². The lowest BCUT2D eigenvalue weighted by Crippen LogP contribution is -1.95. The molecule has 0 aromatic rings. The Balaban J connectivity index is 2.36. The zero-order chi connectivity index (χ0) is 6.69. The average Bonchev–Trinajstić information content (AvgIpc) is 2.37. The van der Waals surface area contributed by atoms with Gasteiger partial charge in [-0.05, 0) is 25.2 Å². The third kappa shape index (κ3) is 1.44. The van der Waals surface area contributed by atoms with Gasteiger partial charge in [0.25, 0.3) is 0 Å². The second-order valence-electron chi connectivity index (χ2n) is 2.65. The highest BCUT2D eigenvalue weighted by molar-refractivity contribution is 5.09. The highest BCUT2D eigenvalue weighted by Crippen LogP contribution is 2.25. The zero-order valence-corrected chi connectivity index (χ0v) is 6.06. The summed E-state index contributed by atoms with van der Waals surface area (Å²) >= 11 is 0. The van der Waals surface area contributed by atoms with Gasteiger partial charge in [-0.2, -0.15) is 0 Å². The van der Waals surface area contributed by atoms with Crippen LogP contribution in [-0.2, 0) is 0 Å². The predicted octanol–water partition coefficient (Wildman–Crippen LogP) is 2.92. The SMILES string of the molecule is C=C(CC)C1CC=CC1. The number of rotatable bonds is 2. The van der Waals surface area contributed by atoms with E-state index >= 15 is 0 Å². The van der Waals surface area contributed by atoms with E-state index in [1.165, 1.54) is 18.4 Å². The van der Waals surface area contributed by atoms with E-state index in [0.29, 0.717) is 0 Å². The van der Waals surface area contributed by atoms with Crippen molar-refractivity contribution in [2.75, 3.05) is 0 Å². The Bertz CT molecular complexity index is 123. The molecule has 0 amide bonds. The molecule has 0 aliphatic heterocycles. The molecule has 0 bridgehead atoms. The second-order valence-corrected chi connectivity index (χ2v) is 2.65. The van der Waals surface area contributed by atoms with Crippen LogP contribution in [0.1, 0.15) is 26.2 Å². The van der Waals surface area contributed by atoms with Crippen LogP contribution in [0.15, 0.2) is 24.3 Å². The summed E-state index contributed by atoms with van der Waals surface area (Å²) in [7, 11) is 0. The van der Waals surface area contributed by atoms with Gasteiger partial charge in [0, 0.05) is 0 Å². The van der Waals surface area contributed by atoms with Crippen molar-refractivity contribution >= 4 is 0 Å². The van der Waals surface area contributed by atoms with Crippen LogP contribution in [0.25, 0.3) is 0 Å². The van der Waals surface area contributed by atoms with Gasteiger partial charge in [-0.1, -0.05) is 31.2 Å². The van der Waals surface area contributed by atoms with Gasteiger partial charge < -0.3 is 0 Å². The Labute approximate surface area is 57.3 Å². The number of hydrogen-bond acceptors (Lipinski definition) is 0. The average molecular weight is 122 g/mol. The summed E-state index contributed by atoms with van der Waals surface area (Å²) in [6, 6.07) is 0. The van der Waals surface area contributed by atoms with Gasteiger partial charge in [0.1, 0.15) is 0 Å². The van der Waals surface area contributed by atoms with Crippen molar-refractivity contribution in [3.8, 4) is 0 Å². The van der Waals surface area contributed by atoms with E-state index in [1.807, 2.05) is 0 Å². The van der Waals surface area contributed by atoms with Crippen LogP contribution in [0.2, 0.25) is 0 Å². The quantitative estimate of drug-likeness (QED) is 0.494. The summed E-state index contributed by atoms with van der Waals surface area (Å²) in [5.41, 5.74) is 1.42. The Morgan fingerprint density at radius 2 is 2.11 bits per heavy atom. The van der Waals surface area contributed by atoms with E-state index in [1.54, 1.807) is 0 Å². The van der Waals surface area contributed by atoms with Crippen LogP contribution in [0, 0.1) is 5.92 Å². The lowest BCUT2D eigenvalue weighted by atomic mass is 9.96. The first kappa shape index (κ1) is 6.60. The summed E-state index contributed by atoms with van der Waals surface area (Å²) in [5, 5.41) is 0. The normalized spacial score (nSPS) is 18.8. The molecule has 1 aliphatic rings. The van der Waals surface area contributed by atoms with Gasteiger partial charge in [0.15, 0.2) is 0 Å². The molecule has 0 saturated carbocycles. The predicted molar refractivity (Wildman–Crippen MR) is 41.3 cm³/mol. The smallest absolute Gasteiger partial charge is 0.0137 e. The van der Waals surface area contributed by atoms with Gasteiger partial charge in [0.05, 0.1) is 0 Å². The molecule has 0 fully saturated rings. The van der Waals surface area contributed by atoms with Gasteiger partial charge in [-0.25, -0.2) is 0 Å². The fraction of sp³-hybridized carbons (Fsp3) is 0.556. The molecule has 0 heteroatoms. The van der Waals surface area contributed by atoms with Gasteiger partial charge in [-0.3, -0.25) is 0 Å². The van der Waals surface area contributed by atoms with Gasteiger partial charge in [-0.15, -0.1) is 0 Å². The van der Waals surface area contributed by atoms with Crippen molar-refractivity contribution in [3.63, 3.8) is 0 Å². The van der Waals surface area contributed by atoms with Crippen molar-refractivity contribution in [1.29, 1.82) is 0 Å². The summed E-state index contributed by atoms with van der Waals surface area (Å²) in [5.74, 6) is 0.773. The molecule has 1 aliphatic carbocycles. The van der Waals surface area contributed by atoms with Crippen LogP contribution in [-0.4, -0.2) is 0 Å². The standard InChI is InChI=1S/C9H14/c1-3-8(2)9-6-4-5-7-9/h4-5,9H,2-3,6-7H2,1H3. The van der Waals surface area contributed by atoms with E-state index in [0.717, 1.165) is 12.3 Å². The maximum atomic E-state index is 4.02. The minimum atomic E-state index is 0.773. The Morgan fingerprint density at radius 1 is 1.56 bits per heavy atom. The monoisotopic (exact) mass is 122 g/mol. The molecule has 0 unspecified atom stereocenters. The topological polar surface area (TPSA) is 0 Å². The maximum Gasteiger partial charge on any atom is -0.0137 e. The van der Waals surface area contributed by atoms with Crippen molar-refractivity contribution in [2.24, 2.45) is 5.92 Å². The van der Waals surface area contributed by atoms with Crippen LogP contribution >= 0.6 is 0 Å². The number of allylic oxidation sites excluding steroid dienone is 3. The molecular weight excluding hydrogens is 108 g/mol. The lowest BCUT2D eigenvalue weighted by molar-refractivity contribution is 0.648. The third-order valence-electron chi connectivity index (χ3n) is 2.04. The van der Waals surface area contributed by atoms with Crippen molar-refractivity contribution < 1.29 is 0 Å². The molecule has 0 saturated heterocycles. The van der Waals surface area contributed by atoms with E-state index in [4.69, 9.17) is 0 Å². The van der Waals surface area contributed by atoms with E-state index in [2.05, 4.69) is 25.7 Å². The molecule has 0 aromatic heterocycles. The maximum absolute atomic E-state index is 4.02. The van der Waals surface area contributed by atoms with Crippen LogP contribution in [0.5, 0.6) is 0 Å². The first-order chi connectivity index (χ1) is 4.34.